The maximum Gasteiger partial charge on any atom is 0.253 e. The fourth-order valence-electron chi connectivity index (χ4n) is 2.24. The third-order valence-electron chi connectivity index (χ3n) is 3.49. The van der Waals surface area contributed by atoms with Gasteiger partial charge in [-0.3, -0.25) is 14.7 Å². The van der Waals surface area contributed by atoms with Crippen LogP contribution in [0.5, 0.6) is 0 Å². The smallest absolute Gasteiger partial charge is 0.253 e. The number of rotatable bonds is 7. The molecule has 1 fully saturated rings. The van der Waals surface area contributed by atoms with Gasteiger partial charge in [-0.25, -0.2) is 0 Å². The molecular formula is C14H22N4O. The molecule has 1 saturated carbocycles. The first-order valence-corrected chi connectivity index (χ1v) is 6.90. The lowest BCUT2D eigenvalue weighted by Crippen LogP contribution is -2.36. The van der Waals surface area contributed by atoms with E-state index in [1.165, 1.54) is 12.8 Å². The molecule has 1 aliphatic carbocycles. The summed E-state index contributed by atoms with van der Waals surface area (Å²) in [4.78, 5) is 18.5. The van der Waals surface area contributed by atoms with Gasteiger partial charge in [-0.05, 0) is 25.5 Å². The molecule has 0 unspecified atom stereocenters. The van der Waals surface area contributed by atoms with Crippen LogP contribution >= 0.6 is 0 Å². The fraction of sp³-hybridized carbons (Fsp3) is 0.571. The maximum atomic E-state index is 12.1. The van der Waals surface area contributed by atoms with E-state index in [1.54, 1.807) is 25.5 Å². The van der Waals surface area contributed by atoms with Gasteiger partial charge in [-0.2, -0.15) is 0 Å². The second-order valence-corrected chi connectivity index (χ2v) is 4.79. The monoisotopic (exact) mass is 262 g/mol. The number of nitrogens with one attached hydrogen (secondary N) is 2. The Kier molecular flexibility index (Phi) is 4.74. The summed E-state index contributed by atoms with van der Waals surface area (Å²) in [7, 11) is 1.79. The van der Waals surface area contributed by atoms with E-state index in [4.69, 9.17) is 0 Å². The normalized spacial score (nSPS) is 14.5. The number of carbonyl (C=O) groups excluding carboxylic acids is 1. The first-order chi connectivity index (χ1) is 9.26. The molecule has 19 heavy (non-hydrogen) atoms. The Morgan fingerprint density at radius 1 is 1.53 bits per heavy atom. The number of anilines is 1. The molecule has 0 atom stereocenters. The van der Waals surface area contributed by atoms with Crippen LogP contribution in [0, 0.1) is 0 Å². The number of pyridine rings is 1. The molecule has 1 aromatic rings. The molecule has 0 aliphatic heterocycles. The molecule has 2 N–H and O–H groups in total. The second-order valence-electron chi connectivity index (χ2n) is 4.79. The quantitative estimate of drug-likeness (QED) is 0.778. The van der Waals surface area contributed by atoms with E-state index in [2.05, 4.69) is 27.4 Å². The van der Waals surface area contributed by atoms with Gasteiger partial charge < -0.3 is 10.6 Å². The number of likely N-dealkylation sites (N-methyl/N-ethyl adjacent to an activating group) is 1. The van der Waals surface area contributed by atoms with Crippen LogP contribution in [0.3, 0.4) is 0 Å². The topological polar surface area (TPSA) is 57.3 Å². The molecule has 5 heteroatoms. The Morgan fingerprint density at radius 2 is 2.32 bits per heavy atom. The average Bonchev–Trinajstić information content (AvgIpc) is 3.28. The molecule has 1 aromatic heterocycles. The van der Waals surface area contributed by atoms with Crippen molar-refractivity contribution in [2.24, 2.45) is 0 Å². The predicted octanol–water partition coefficient (Wildman–Crippen LogP) is 1.34. The van der Waals surface area contributed by atoms with Crippen molar-refractivity contribution in [2.75, 3.05) is 32.0 Å². The van der Waals surface area contributed by atoms with Crippen molar-refractivity contribution in [3.63, 3.8) is 0 Å². The van der Waals surface area contributed by atoms with E-state index in [0.29, 0.717) is 12.1 Å². The van der Waals surface area contributed by atoms with Crippen LogP contribution in [-0.2, 0) is 0 Å². The van der Waals surface area contributed by atoms with Gasteiger partial charge in [0.25, 0.3) is 5.91 Å². The first kappa shape index (κ1) is 13.8. The standard InChI is InChI=1S/C14H22N4O/c1-3-18(11-4-5-11)9-8-17-14(19)12-6-7-16-10-13(12)15-2/h6-7,10-11,15H,3-5,8-9H2,1-2H3,(H,17,19). The highest BCUT2D eigenvalue weighted by atomic mass is 16.1. The minimum Gasteiger partial charge on any atom is -0.386 e. The van der Waals surface area contributed by atoms with E-state index in [1.807, 2.05) is 0 Å². The van der Waals surface area contributed by atoms with Crippen LogP contribution in [0.1, 0.15) is 30.1 Å². The maximum absolute atomic E-state index is 12.1. The SMILES string of the molecule is CCN(CCNC(=O)c1ccncc1NC)C1CC1. The molecule has 0 saturated heterocycles. The van der Waals surface area contributed by atoms with Crippen molar-refractivity contribution >= 4 is 11.6 Å². The molecule has 0 radical (unpaired) electrons. The number of carbonyl (C=O) groups is 1. The zero-order valence-corrected chi connectivity index (χ0v) is 11.6. The number of hydrogen-bond donors (Lipinski definition) is 2. The van der Waals surface area contributed by atoms with Gasteiger partial charge in [0.2, 0.25) is 0 Å². The molecule has 0 spiro atoms. The Morgan fingerprint density at radius 3 is 2.95 bits per heavy atom. The van der Waals surface area contributed by atoms with Crippen molar-refractivity contribution in [2.45, 2.75) is 25.8 Å². The molecule has 1 heterocycles. The van der Waals surface area contributed by atoms with Gasteiger partial charge in [0.15, 0.2) is 0 Å². The third kappa shape index (κ3) is 3.67. The van der Waals surface area contributed by atoms with Gasteiger partial charge in [0, 0.05) is 32.4 Å². The number of aromatic nitrogens is 1. The largest absolute Gasteiger partial charge is 0.386 e. The van der Waals surface area contributed by atoms with Crippen LogP contribution < -0.4 is 10.6 Å². The highest BCUT2D eigenvalue weighted by molar-refractivity contribution is 5.99. The van der Waals surface area contributed by atoms with E-state index in [-0.39, 0.29) is 5.91 Å². The van der Waals surface area contributed by atoms with E-state index in [9.17, 15) is 4.79 Å². The lowest BCUT2D eigenvalue weighted by molar-refractivity contribution is 0.0948. The Bertz CT molecular complexity index is 431. The van der Waals surface area contributed by atoms with Crippen LogP contribution in [-0.4, -0.2) is 48.5 Å². The highest BCUT2D eigenvalue weighted by Crippen LogP contribution is 2.25. The minimum absolute atomic E-state index is 0.0430. The van der Waals surface area contributed by atoms with Gasteiger partial charge in [-0.15, -0.1) is 0 Å². The predicted molar refractivity (Wildman–Crippen MR) is 76.4 cm³/mol. The summed E-state index contributed by atoms with van der Waals surface area (Å²) in [5.41, 5.74) is 1.40. The lowest BCUT2D eigenvalue weighted by Gasteiger charge is -2.19. The van der Waals surface area contributed by atoms with Crippen molar-refractivity contribution in [1.82, 2.24) is 15.2 Å². The molecule has 0 bridgehead atoms. The Hall–Kier alpha value is -1.62. The van der Waals surface area contributed by atoms with Crippen molar-refractivity contribution in [3.8, 4) is 0 Å². The summed E-state index contributed by atoms with van der Waals surface area (Å²) in [5.74, 6) is -0.0430. The van der Waals surface area contributed by atoms with Crippen molar-refractivity contribution in [1.29, 1.82) is 0 Å². The van der Waals surface area contributed by atoms with Crippen molar-refractivity contribution < 1.29 is 4.79 Å². The van der Waals surface area contributed by atoms with Crippen LogP contribution in [0.2, 0.25) is 0 Å². The third-order valence-corrected chi connectivity index (χ3v) is 3.49. The van der Waals surface area contributed by atoms with E-state index < -0.39 is 0 Å². The summed E-state index contributed by atoms with van der Waals surface area (Å²) in [6.45, 7) is 4.83. The zero-order chi connectivity index (χ0) is 13.7. The van der Waals surface area contributed by atoms with Gasteiger partial charge in [0.05, 0.1) is 17.4 Å². The minimum atomic E-state index is -0.0430. The summed E-state index contributed by atoms with van der Waals surface area (Å²) in [6, 6.07) is 2.48. The molecule has 104 valence electrons. The molecule has 1 aliphatic rings. The molecule has 2 rings (SSSR count). The Labute approximate surface area is 114 Å². The zero-order valence-electron chi connectivity index (χ0n) is 11.6. The average molecular weight is 262 g/mol. The van der Waals surface area contributed by atoms with Crippen LogP contribution in [0.25, 0.3) is 0 Å². The summed E-state index contributed by atoms with van der Waals surface area (Å²) in [6.07, 6.45) is 5.90. The van der Waals surface area contributed by atoms with Crippen LogP contribution in [0.15, 0.2) is 18.5 Å². The second kappa shape index (κ2) is 6.52. The number of amides is 1. The number of nitrogens with zero attached hydrogens (tertiary/aromatic N) is 2. The highest BCUT2D eigenvalue weighted by Gasteiger charge is 2.27. The van der Waals surface area contributed by atoms with Gasteiger partial charge in [-0.1, -0.05) is 6.92 Å². The summed E-state index contributed by atoms with van der Waals surface area (Å²) >= 11 is 0. The summed E-state index contributed by atoms with van der Waals surface area (Å²) in [5, 5.41) is 5.95. The molecule has 1 amide bonds. The number of hydrogen-bond acceptors (Lipinski definition) is 4. The molecule has 0 aromatic carbocycles. The van der Waals surface area contributed by atoms with Gasteiger partial charge >= 0.3 is 0 Å². The van der Waals surface area contributed by atoms with Gasteiger partial charge in [0.1, 0.15) is 0 Å². The molecular weight excluding hydrogens is 240 g/mol. The van der Waals surface area contributed by atoms with E-state index >= 15 is 0 Å². The lowest BCUT2D eigenvalue weighted by atomic mass is 10.2. The fourth-order valence-corrected chi connectivity index (χ4v) is 2.24. The first-order valence-electron chi connectivity index (χ1n) is 6.90. The van der Waals surface area contributed by atoms with E-state index in [0.717, 1.165) is 24.8 Å². The van der Waals surface area contributed by atoms with Crippen LogP contribution in [0.4, 0.5) is 5.69 Å². The van der Waals surface area contributed by atoms with Crippen molar-refractivity contribution in [3.05, 3.63) is 24.0 Å². The molecule has 5 nitrogen and oxygen atoms in total. The summed E-state index contributed by atoms with van der Waals surface area (Å²) < 4.78 is 0. The Balaban J connectivity index is 1.83.